The minimum Gasteiger partial charge on any atom is -0.481 e. The van der Waals surface area contributed by atoms with Crippen LogP contribution in [0.3, 0.4) is 0 Å². The van der Waals surface area contributed by atoms with Gasteiger partial charge in [-0.15, -0.1) is 0 Å². The Morgan fingerprint density at radius 3 is 2.55 bits per heavy atom. The van der Waals surface area contributed by atoms with Crippen molar-refractivity contribution in [3.8, 4) is 0 Å². The zero-order valence-electron chi connectivity index (χ0n) is 13.8. The maximum atomic E-state index is 10.5. The molecule has 0 radical (unpaired) electrons. The number of rotatable bonds is 7. The Hall–Kier alpha value is -1.39. The molecule has 0 spiro atoms. The molecule has 4 nitrogen and oxygen atoms in total. The van der Waals surface area contributed by atoms with Crippen LogP contribution < -0.4 is 0 Å². The molecule has 1 N–H and O–H groups in total. The molecule has 0 atom stereocenters. The van der Waals surface area contributed by atoms with E-state index in [1.165, 1.54) is 5.56 Å². The van der Waals surface area contributed by atoms with Crippen molar-refractivity contribution in [2.24, 2.45) is 0 Å². The third-order valence-electron chi connectivity index (χ3n) is 4.48. The van der Waals surface area contributed by atoms with E-state index < -0.39 is 5.97 Å². The first-order chi connectivity index (χ1) is 10.5. The van der Waals surface area contributed by atoms with E-state index in [0.717, 1.165) is 45.6 Å². The lowest BCUT2D eigenvalue weighted by molar-refractivity contribution is -0.137. The predicted octanol–water partition coefficient (Wildman–Crippen LogP) is 2.84. The van der Waals surface area contributed by atoms with Crippen molar-refractivity contribution >= 4 is 5.97 Å². The Labute approximate surface area is 133 Å². The molecule has 4 heteroatoms. The van der Waals surface area contributed by atoms with Crippen molar-refractivity contribution in [3.05, 3.63) is 35.9 Å². The third-order valence-corrected chi connectivity index (χ3v) is 4.48. The Morgan fingerprint density at radius 2 is 1.91 bits per heavy atom. The summed E-state index contributed by atoms with van der Waals surface area (Å²) in [4.78, 5) is 15.6. The van der Waals surface area contributed by atoms with E-state index in [9.17, 15) is 4.79 Å². The van der Waals surface area contributed by atoms with Gasteiger partial charge in [-0.25, -0.2) is 0 Å². The summed E-state index contributed by atoms with van der Waals surface area (Å²) in [5.74, 6) is -0.687. The standard InChI is InChI=1S/C18H28N2O2/c1-18(2)15-19(11-7-6-10-17(21)22)12-13-20(18)14-16-8-4-3-5-9-16/h3-5,8-9H,6-7,10-15H2,1-2H3,(H,21,22). The zero-order chi connectivity index (χ0) is 16.0. The van der Waals surface area contributed by atoms with Crippen molar-refractivity contribution in [3.63, 3.8) is 0 Å². The molecule has 1 aliphatic heterocycles. The topological polar surface area (TPSA) is 43.8 Å². The van der Waals surface area contributed by atoms with Gasteiger partial charge in [0.25, 0.3) is 0 Å². The summed E-state index contributed by atoms with van der Waals surface area (Å²) in [6.07, 6.45) is 2.04. The monoisotopic (exact) mass is 304 g/mol. The molecule has 0 aliphatic carbocycles. The Balaban J connectivity index is 1.80. The second kappa shape index (κ2) is 7.75. The van der Waals surface area contributed by atoms with Crippen LogP contribution in [0.1, 0.15) is 38.7 Å². The van der Waals surface area contributed by atoms with Gasteiger partial charge < -0.3 is 10.0 Å². The smallest absolute Gasteiger partial charge is 0.303 e. The zero-order valence-corrected chi connectivity index (χ0v) is 13.8. The Bertz CT molecular complexity index is 473. The van der Waals surface area contributed by atoms with Crippen molar-refractivity contribution in [2.75, 3.05) is 26.2 Å². The van der Waals surface area contributed by atoms with Gasteiger partial charge in [0, 0.05) is 38.1 Å². The summed E-state index contributed by atoms with van der Waals surface area (Å²) < 4.78 is 0. The summed E-state index contributed by atoms with van der Waals surface area (Å²) in [5, 5.41) is 8.69. The normalized spacial score (nSPS) is 19.2. The van der Waals surface area contributed by atoms with Crippen LogP contribution in [0.2, 0.25) is 0 Å². The average Bonchev–Trinajstić information content (AvgIpc) is 2.47. The highest BCUT2D eigenvalue weighted by molar-refractivity contribution is 5.66. The third kappa shape index (κ3) is 5.11. The Morgan fingerprint density at radius 1 is 1.18 bits per heavy atom. The summed E-state index contributed by atoms with van der Waals surface area (Å²) in [6.45, 7) is 9.81. The lowest BCUT2D eigenvalue weighted by atomic mass is 9.97. The molecule has 0 saturated carbocycles. The summed E-state index contributed by atoms with van der Waals surface area (Å²) in [6, 6.07) is 10.6. The summed E-state index contributed by atoms with van der Waals surface area (Å²) >= 11 is 0. The molecule has 2 rings (SSSR count). The lowest BCUT2D eigenvalue weighted by Crippen LogP contribution is -2.58. The molecule has 1 saturated heterocycles. The number of hydrogen-bond acceptors (Lipinski definition) is 3. The minimum atomic E-state index is -0.687. The second-order valence-electron chi connectivity index (χ2n) is 6.85. The van der Waals surface area contributed by atoms with E-state index in [0.29, 0.717) is 0 Å². The molecule has 122 valence electrons. The molecular weight excluding hydrogens is 276 g/mol. The van der Waals surface area contributed by atoms with E-state index in [1.54, 1.807) is 0 Å². The number of aliphatic carboxylic acids is 1. The van der Waals surface area contributed by atoms with Crippen LogP contribution in [0.15, 0.2) is 30.3 Å². The maximum Gasteiger partial charge on any atom is 0.303 e. The largest absolute Gasteiger partial charge is 0.481 e. The van der Waals surface area contributed by atoms with Crippen LogP contribution in [-0.4, -0.2) is 52.6 Å². The molecule has 0 unspecified atom stereocenters. The molecule has 0 amide bonds. The fourth-order valence-electron chi connectivity index (χ4n) is 3.19. The minimum absolute atomic E-state index is 0.154. The van der Waals surface area contributed by atoms with Gasteiger partial charge in [-0.3, -0.25) is 9.69 Å². The number of benzene rings is 1. The Kier molecular flexibility index (Phi) is 5.98. The number of unbranched alkanes of at least 4 members (excludes halogenated alkanes) is 1. The van der Waals surface area contributed by atoms with Gasteiger partial charge in [0.05, 0.1) is 0 Å². The molecule has 0 bridgehead atoms. The molecule has 1 aromatic rings. The SMILES string of the molecule is CC1(C)CN(CCCCC(=O)O)CCN1Cc1ccccc1. The molecule has 1 heterocycles. The van der Waals surface area contributed by atoms with Gasteiger partial charge in [0.2, 0.25) is 0 Å². The van der Waals surface area contributed by atoms with Crippen molar-refractivity contribution in [1.29, 1.82) is 0 Å². The van der Waals surface area contributed by atoms with Gasteiger partial charge in [-0.1, -0.05) is 30.3 Å². The van der Waals surface area contributed by atoms with Gasteiger partial charge in [-0.2, -0.15) is 0 Å². The number of nitrogens with zero attached hydrogens (tertiary/aromatic N) is 2. The molecule has 1 aromatic carbocycles. The fourth-order valence-corrected chi connectivity index (χ4v) is 3.19. The first kappa shape index (κ1) is 17.0. The molecule has 1 fully saturated rings. The van der Waals surface area contributed by atoms with Crippen molar-refractivity contribution in [2.45, 2.75) is 45.2 Å². The van der Waals surface area contributed by atoms with Crippen LogP contribution in [0.25, 0.3) is 0 Å². The predicted molar refractivity (Wildman–Crippen MR) is 88.9 cm³/mol. The van der Waals surface area contributed by atoms with Crippen LogP contribution in [0.4, 0.5) is 0 Å². The first-order valence-corrected chi connectivity index (χ1v) is 8.20. The number of carboxylic acid groups (broad SMARTS) is 1. The van der Waals surface area contributed by atoms with Crippen LogP contribution in [0.5, 0.6) is 0 Å². The van der Waals surface area contributed by atoms with E-state index >= 15 is 0 Å². The number of carbonyl (C=O) groups is 1. The van der Waals surface area contributed by atoms with E-state index in [-0.39, 0.29) is 12.0 Å². The van der Waals surface area contributed by atoms with E-state index in [1.807, 2.05) is 0 Å². The first-order valence-electron chi connectivity index (χ1n) is 8.20. The van der Waals surface area contributed by atoms with E-state index in [4.69, 9.17) is 5.11 Å². The van der Waals surface area contributed by atoms with Crippen molar-refractivity contribution < 1.29 is 9.90 Å². The van der Waals surface area contributed by atoms with Crippen LogP contribution in [-0.2, 0) is 11.3 Å². The highest BCUT2D eigenvalue weighted by Gasteiger charge is 2.33. The van der Waals surface area contributed by atoms with E-state index in [2.05, 4.69) is 54.0 Å². The van der Waals surface area contributed by atoms with Gasteiger partial charge in [0.15, 0.2) is 0 Å². The average molecular weight is 304 g/mol. The van der Waals surface area contributed by atoms with Gasteiger partial charge in [-0.05, 0) is 38.8 Å². The molecule has 0 aromatic heterocycles. The van der Waals surface area contributed by atoms with Gasteiger partial charge in [0.1, 0.15) is 0 Å². The second-order valence-corrected chi connectivity index (χ2v) is 6.85. The van der Waals surface area contributed by atoms with Crippen molar-refractivity contribution in [1.82, 2.24) is 9.80 Å². The summed E-state index contributed by atoms with van der Waals surface area (Å²) in [7, 11) is 0. The maximum absolute atomic E-state index is 10.5. The highest BCUT2D eigenvalue weighted by Crippen LogP contribution is 2.23. The number of carboxylic acids is 1. The lowest BCUT2D eigenvalue weighted by Gasteiger charge is -2.47. The van der Waals surface area contributed by atoms with Crippen LogP contribution in [0, 0.1) is 0 Å². The summed E-state index contributed by atoms with van der Waals surface area (Å²) in [5.41, 5.74) is 1.52. The quantitative estimate of drug-likeness (QED) is 0.787. The number of hydrogen-bond donors (Lipinski definition) is 1. The molecule has 1 aliphatic rings. The van der Waals surface area contributed by atoms with Crippen LogP contribution >= 0.6 is 0 Å². The highest BCUT2D eigenvalue weighted by atomic mass is 16.4. The van der Waals surface area contributed by atoms with Gasteiger partial charge >= 0.3 is 5.97 Å². The molecule has 22 heavy (non-hydrogen) atoms. The molecular formula is C18H28N2O2. The fraction of sp³-hybridized carbons (Fsp3) is 0.611. The number of piperazine rings is 1.